The van der Waals surface area contributed by atoms with Crippen LogP contribution in [0.3, 0.4) is 0 Å². The van der Waals surface area contributed by atoms with E-state index in [-0.39, 0.29) is 76.5 Å². The summed E-state index contributed by atoms with van der Waals surface area (Å²) in [7, 11) is 0. The Labute approximate surface area is 409 Å². The fourth-order valence-electron chi connectivity index (χ4n) is 10.7. The van der Waals surface area contributed by atoms with Crippen molar-refractivity contribution in [1.29, 1.82) is 5.26 Å². The van der Waals surface area contributed by atoms with Crippen LogP contribution < -0.4 is 18.9 Å². The fourth-order valence-corrected chi connectivity index (χ4v) is 10.7. The monoisotopic (exact) mass is 944 g/mol. The number of fused-ring (bicyclic) bond motifs is 3. The molecule has 0 spiro atoms. The van der Waals surface area contributed by atoms with Crippen LogP contribution in [0.5, 0.6) is 23.0 Å². The van der Waals surface area contributed by atoms with Crippen molar-refractivity contribution in [3.05, 3.63) is 173 Å². The van der Waals surface area contributed by atoms with Gasteiger partial charge in [-0.25, -0.2) is 0 Å². The summed E-state index contributed by atoms with van der Waals surface area (Å²) in [6.07, 6.45) is 8.66. The molecule has 4 aliphatic rings. The molecule has 3 heterocycles. The van der Waals surface area contributed by atoms with Gasteiger partial charge in [-0.15, -0.1) is 6.58 Å². The highest BCUT2D eigenvalue weighted by Crippen LogP contribution is 2.62. The molecular formula is C57H60N4O9. The number of allylic oxidation sites excluding steroid dienone is 1. The lowest BCUT2D eigenvalue weighted by molar-refractivity contribution is -0.255. The van der Waals surface area contributed by atoms with Crippen molar-refractivity contribution in [1.82, 2.24) is 9.88 Å². The largest absolute Gasteiger partial charge is 0.487 e. The van der Waals surface area contributed by atoms with Crippen molar-refractivity contribution in [3.8, 4) is 29.1 Å². The van der Waals surface area contributed by atoms with Gasteiger partial charge in [0, 0.05) is 48.9 Å². The molecule has 362 valence electrons. The Morgan fingerprint density at radius 2 is 1.69 bits per heavy atom. The lowest BCUT2D eigenvalue weighted by atomic mass is 9.55. The Morgan fingerprint density at radius 3 is 2.46 bits per heavy atom. The highest BCUT2D eigenvalue weighted by Gasteiger charge is 2.65. The van der Waals surface area contributed by atoms with Crippen LogP contribution in [0.25, 0.3) is 0 Å². The molecule has 6 atom stereocenters. The summed E-state index contributed by atoms with van der Waals surface area (Å²) in [6, 6.07) is 35.4. The van der Waals surface area contributed by atoms with E-state index in [0.717, 1.165) is 59.3 Å². The van der Waals surface area contributed by atoms with Crippen LogP contribution in [-0.2, 0) is 29.3 Å². The third kappa shape index (κ3) is 10.3. The molecule has 9 rings (SSSR count). The van der Waals surface area contributed by atoms with Gasteiger partial charge in [0.05, 0.1) is 35.6 Å². The fraction of sp³-hybridized carbons (Fsp3) is 0.368. The summed E-state index contributed by atoms with van der Waals surface area (Å²) in [5.41, 5.74) is 6.78. The summed E-state index contributed by atoms with van der Waals surface area (Å²) in [6.45, 7) is 7.00. The lowest BCUT2D eigenvalue weighted by Crippen LogP contribution is -2.70. The molecule has 1 saturated carbocycles. The second-order valence-electron chi connectivity index (χ2n) is 18.4. The van der Waals surface area contributed by atoms with Gasteiger partial charge >= 0.3 is 0 Å². The first-order chi connectivity index (χ1) is 34.3. The van der Waals surface area contributed by atoms with E-state index in [2.05, 4.69) is 29.8 Å². The van der Waals surface area contributed by atoms with Crippen molar-refractivity contribution < 1.29 is 43.5 Å². The number of rotatable bonds is 21. The molecule has 5 aromatic rings. The second kappa shape index (κ2) is 22.2. The van der Waals surface area contributed by atoms with E-state index < -0.39 is 17.7 Å². The van der Waals surface area contributed by atoms with E-state index in [9.17, 15) is 15.5 Å². The zero-order valence-corrected chi connectivity index (χ0v) is 39.6. The average molecular weight is 945 g/mol. The van der Waals surface area contributed by atoms with Gasteiger partial charge in [0.2, 0.25) is 12.6 Å². The van der Waals surface area contributed by atoms with Crippen LogP contribution >= 0.6 is 0 Å². The number of hydrogen-bond donors (Lipinski definition) is 2. The van der Waals surface area contributed by atoms with Gasteiger partial charge in [-0.1, -0.05) is 72.6 Å². The minimum Gasteiger partial charge on any atom is -0.487 e. The number of unbranched alkanes of at least 4 members (excludes halogenated alkanes) is 2. The van der Waals surface area contributed by atoms with Gasteiger partial charge in [0.25, 0.3) is 5.91 Å². The highest BCUT2D eigenvalue weighted by molar-refractivity contribution is 6.03. The number of aryl methyl sites for hydroxylation is 1. The Balaban J connectivity index is 1.25. The van der Waals surface area contributed by atoms with Gasteiger partial charge in [-0.3, -0.25) is 9.78 Å². The summed E-state index contributed by atoms with van der Waals surface area (Å²) >= 11 is 0. The normalized spacial score (nSPS) is 22.2. The number of aliphatic hydroxyl groups excluding tert-OH is 2. The number of nitriles is 1. The van der Waals surface area contributed by atoms with Crippen LogP contribution in [-0.4, -0.2) is 70.2 Å². The summed E-state index contributed by atoms with van der Waals surface area (Å²) in [5.74, 6) is -0.150. The molecule has 0 saturated heterocycles. The quantitative estimate of drug-likeness (QED) is 0.0409. The molecule has 0 unspecified atom stereocenters. The van der Waals surface area contributed by atoms with Gasteiger partial charge in [0.1, 0.15) is 30.8 Å². The number of benzene rings is 4. The number of oxime groups is 1. The molecule has 4 aromatic carbocycles. The van der Waals surface area contributed by atoms with E-state index in [1.165, 1.54) is 0 Å². The Kier molecular flexibility index (Phi) is 15.2. The number of nitrogens with zero attached hydrogens (tertiary/aromatic N) is 4. The maximum Gasteiger partial charge on any atom is 0.254 e. The van der Waals surface area contributed by atoms with Crippen molar-refractivity contribution >= 4 is 11.6 Å². The minimum atomic E-state index is -1.52. The van der Waals surface area contributed by atoms with E-state index in [1.807, 2.05) is 90.7 Å². The number of ether oxygens (including phenoxy) is 5. The van der Waals surface area contributed by atoms with Crippen molar-refractivity contribution in [2.24, 2.45) is 22.9 Å². The predicted octanol–water partition coefficient (Wildman–Crippen LogP) is 9.75. The standard InChI is InChI=1S/C57H60N4O9/c1-3-28-68-57-53(61(56(64)42-21-18-39(33-58)19-22-42)34-41-20-24-51-52(29-41)67-37-66-51)32-49(60-69-35-40-13-5-4-6-14-40)47-30-43(15-7-9-26-62)46(17-8-10-27-63)54(55(47)57)48-31-45(23-25-50(48)70-57)65-36-44-16-11-12-38(2)59-44/h3-6,11-14,16,18-25,29-31,43,46,53-55,62-63H,1,7-10,15,17,26-28,32,34-37H2,2H3/t43-,46+,53-,54+,55+,57+/m0/s1. The molecule has 13 heteroatoms. The number of amides is 1. The van der Waals surface area contributed by atoms with Crippen molar-refractivity contribution in [3.63, 3.8) is 0 Å². The van der Waals surface area contributed by atoms with Crippen LogP contribution in [0.4, 0.5) is 0 Å². The molecule has 1 fully saturated rings. The molecule has 0 bridgehead atoms. The van der Waals surface area contributed by atoms with Crippen LogP contribution in [0.1, 0.15) is 94.9 Å². The van der Waals surface area contributed by atoms with Crippen molar-refractivity contribution in [2.45, 2.75) is 89.4 Å². The Hall–Kier alpha value is -6.98. The molecular weight excluding hydrogens is 885 g/mol. The Bertz CT molecular complexity index is 2740. The maximum atomic E-state index is 15.6. The first-order valence-electron chi connectivity index (χ1n) is 24.3. The first-order valence-corrected chi connectivity index (χ1v) is 24.3. The minimum absolute atomic E-state index is 0.00353. The number of carbonyl (C=O) groups excluding carboxylic acids is 1. The lowest BCUT2D eigenvalue weighted by Gasteiger charge is -2.60. The molecule has 2 aliphatic carbocycles. The van der Waals surface area contributed by atoms with Crippen LogP contribution in [0.15, 0.2) is 139 Å². The van der Waals surface area contributed by atoms with Gasteiger partial charge in [-0.2, -0.15) is 5.26 Å². The SMILES string of the molecule is C=CCO[C@@]12Oc3ccc(OCc4cccc(C)n4)cc3[C@H]3[C@H](CCCCO)[C@@H](CCCCO)C=C(C(=NOCc4ccccc4)C[C@@H]1N(Cc1ccc4c(c1)OCO4)C(=O)c1ccc(C#N)cc1)[C@H]32. The van der Waals surface area contributed by atoms with Crippen LogP contribution in [0.2, 0.25) is 0 Å². The van der Waals surface area contributed by atoms with E-state index in [4.69, 9.17) is 33.7 Å². The zero-order valence-electron chi connectivity index (χ0n) is 39.6. The number of aromatic nitrogens is 1. The highest BCUT2D eigenvalue weighted by atomic mass is 16.7. The van der Waals surface area contributed by atoms with Gasteiger partial charge < -0.3 is 43.6 Å². The molecule has 13 nitrogen and oxygen atoms in total. The molecule has 2 aliphatic heterocycles. The molecule has 70 heavy (non-hydrogen) atoms. The first kappa shape index (κ1) is 48.1. The van der Waals surface area contributed by atoms with Crippen LogP contribution in [0, 0.1) is 36.0 Å². The zero-order chi connectivity index (χ0) is 48.5. The predicted molar refractivity (Wildman–Crippen MR) is 263 cm³/mol. The number of pyridine rings is 1. The van der Waals surface area contributed by atoms with Gasteiger partial charge in [-0.05, 0) is 128 Å². The third-order valence-corrected chi connectivity index (χ3v) is 13.9. The van der Waals surface area contributed by atoms with E-state index in [0.29, 0.717) is 52.7 Å². The third-order valence-electron chi connectivity index (χ3n) is 13.9. The topological polar surface area (TPSA) is 165 Å². The second-order valence-corrected chi connectivity index (χ2v) is 18.4. The van der Waals surface area contributed by atoms with Gasteiger partial charge in [0.15, 0.2) is 11.5 Å². The number of hydrogen-bond acceptors (Lipinski definition) is 12. The molecule has 0 radical (unpaired) electrons. The van der Waals surface area contributed by atoms with E-state index in [1.54, 1.807) is 30.3 Å². The maximum absolute atomic E-state index is 15.6. The molecule has 1 amide bonds. The molecule has 1 aromatic heterocycles. The average Bonchev–Trinajstić information content (AvgIpc) is 3.86. The number of aliphatic hydroxyl groups is 2. The smallest absolute Gasteiger partial charge is 0.254 e. The number of carbonyl (C=O) groups is 1. The van der Waals surface area contributed by atoms with E-state index >= 15 is 4.79 Å². The molecule has 2 N–H and O–H groups in total. The summed E-state index contributed by atoms with van der Waals surface area (Å²) < 4.78 is 32.8. The summed E-state index contributed by atoms with van der Waals surface area (Å²) in [4.78, 5) is 28.4. The summed E-state index contributed by atoms with van der Waals surface area (Å²) in [5, 5.41) is 34.9. The van der Waals surface area contributed by atoms with Crippen molar-refractivity contribution in [2.75, 3.05) is 26.6 Å². The Morgan fingerprint density at radius 1 is 0.900 bits per heavy atom.